The molecule has 1 aliphatic rings. The van der Waals surface area contributed by atoms with E-state index in [0.29, 0.717) is 17.8 Å². The maximum atomic E-state index is 12.4. The third-order valence-corrected chi connectivity index (χ3v) is 4.54. The quantitative estimate of drug-likeness (QED) is 0.474. The highest BCUT2D eigenvalue weighted by molar-refractivity contribution is 5.93. The first kappa shape index (κ1) is 16.5. The van der Waals surface area contributed by atoms with Gasteiger partial charge in [-0.3, -0.25) is 10.1 Å². The zero-order valence-electron chi connectivity index (χ0n) is 13.3. The average Bonchev–Trinajstić information content (AvgIpc) is 2.46. The Morgan fingerprint density at radius 1 is 1.32 bits per heavy atom. The minimum absolute atomic E-state index is 0.0354. The molecule has 0 spiro atoms. The number of nitro benzene ring substituents is 1. The first-order chi connectivity index (χ1) is 10.4. The summed E-state index contributed by atoms with van der Waals surface area (Å²) >= 11 is 0. The third-order valence-electron chi connectivity index (χ3n) is 4.54. The van der Waals surface area contributed by atoms with Crippen molar-refractivity contribution in [3.8, 4) is 0 Å². The molecule has 22 heavy (non-hydrogen) atoms. The molecule has 3 atom stereocenters. The maximum Gasteiger partial charge on any atom is 0.345 e. The van der Waals surface area contributed by atoms with Crippen molar-refractivity contribution in [3.63, 3.8) is 0 Å². The second-order valence-corrected chi connectivity index (χ2v) is 6.54. The highest BCUT2D eigenvalue weighted by atomic mass is 16.6. The zero-order valence-corrected chi connectivity index (χ0v) is 13.3. The summed E-state index contributed by atoms with van der Waals surface area (Å²) in [5.74, 6) is 0.676. The lowest BCUT2D eigenvalue weighted by Crippen LogP contribution is -2.36. The van der Waals surface area contributed by atoms with Crippen LogP contribution in [-0.2, 0) is 4.74 Å². The number of benzene rings is 1. The molecular weight excluding hydrogens is 282 g/mol. The Morgan fingerprint density at radius 3 is 2.64 bits per heavy atom. The molecule has 1 aromatic rings. The molecule has 0 aromatic heterocycles. The smallest absolute Gasteiger partial charge is 0.345 e. The number of ether oxygens (including phenoxy) is 1. The monoisotopic (exact) mass is 305 g/mol. The van der Waals surface area contributed by atoms with Crippen LogP contribution in [-0.4, -0.2) is 17.0 Å². The average molecular weight is 305 g/mol. The van der Waals surface area contributed by atoms with E-state index in [9.17, 15) is 14.9 Å². The third kappa shape index (κ3) is 3.64. The number of carbonyl (C=O) groups is 1. The summed E-state index contributed by atoms with van der Waals surface area (Å²) in [5.41, 5.74) is -0.161. The molecule has 0 radical (unpaired) electrons. The summed E-state index contributed by atoms with van der Waals surface area (Å²) in [7, 11) is 0. The van der Waals surface area contributed by atoms with Gasteiger partial charge in [0.1, 0.15) is 11.7 Å². The lowest BCUT2D eigenvalue weighted by atomic mass is 9.75. The molecule has 0 aliphatic heterocycles. The highest BCUT2D eigenvalue weighted by Gasteiger charge is 2.34. The van der Waals surface area contributed by atoms with Gasteiger partial charge in [-0.05, 0) is 36.7 Å². The van der Waals surface area contributed by atoms with Crippen LogP contribution >= 0.6 is 0 Å². The number of esters is 1. The minimum atomic E-state index is -0.586. The van der Waals surface area contributed by atoms with E-state index < -0.39 is 10.9 Å². The first-order valence-corrected chi connectivity index (χ1v) is 7.84. The topological polar surface area (TPSA) is 69.4 Å². The highest BCUT2D eigenvalue weighted by Crippen LogP contribution is 2.36. The van der Waals surface area contributed by atoms with Crippen molar-refractivity contribution in [3.05, 3.63) is 39.9 Å². The fraction of sp³-hybridized carbons (Fsp3) is 0.588. The van der Waals surface area contributed by atoms with E-state index in [2.05, 4.69) is 20.8 Å². The van der Waals surface area contributed by atoms with Crippen LogP contribution in [0.2, 0.25) is 0 Å². The standard InChI is InChI=1S/C17H23NO4/c1-11(2)13-9-8-12(3)10-16(13)22-17(19)14-6-4-5-7-15(14)18(20)21/h4-7,11-13,16H,8-10H2,1-3H3/t12-,13+,16+/m1/s1. The summed E-state index contributed by atoms with van der Waals surface area (Å²) in [6.07, 6.45) is 2.85. The van der Waals surface area contributed by atoms with E-state index in [4.69, 9.17) is 4.74 Å². The van der Waals surface area contributed by atoms with Gasteiger partial charge in [-0.2, -0.15) is 0 Å². The molecular formula is C17H23NO4. The van der Waals surface area contributed by atoms with Crippen molar-refractivity contribution in [2.45, 2.75) is 46.1 Å². The predicted octanol–water partition coefficient (Wildman–Crippen LogP) is 4.21. The van der Waals surface area contributed by atoms with Crippen molar-refractivity contribution in [2.75, 3.05) is 0 Å². The molecule has 0 unspecified atom stereocenters. The van der Waals surface area contributed by atoms with E-state index in [1.807, 2.05) is 0 Å². The second kappa shape index (κ2) is 6.90. The molecule has 0 N–H and O–H groups in total. The molecule has 120 valence electrons. The summed E-state index contributed by atoms with van der Waals surface area (Å²) in [6, 6.07) is 5.96. The Morgan fingerprint density at radius 2 is 2.00 bits per heavy atom. The second-order valence-electron chi connectivity index (χ2n) is 6.54. The fourth-order valence-electron chi connectivity index (χ4n) is 3.26. The number of carbonyl (C=O) groups excluding carboxylic acids is 1. The molecule has 2 rings (SSSR count). The molecule has 0 heterocycles. The largest absolute Gasteiger partial charge is 0.458 e. The van der Waals surface area contributed by atoms with Crippen molar-refractivity contribution < 1.29 is 14.5 Å². The number of nitrogens with zero attached hydrogens (tertiary/aromatic N) is 1. The molecule has 1 aliphatic carbocycles. The fourth-order valence-corrected chi connectivity index (χ4v) is 3.26. The number of hydrogen-bond donors (Lipinski definition) is 0. The molecule has 1 saturated carbocycles. The van der Waals surface area contributed by atoms with Crippen LogP contribution in [0.25, 0.3) is 0 Å². The van der Waals surface area contributed by atoms with Gasteiger partial charge in [0.2, 0.25) is 0 Å². The van der Waals surface area contributed by atoms with E-state index in [1.54, 1.807) is 12.1 Å². The van der Waals surface area contributed by atoms with Gasteiger partial charge in [0.25, 0.3) is 5.69 Å². The van der Waals surface area contributed by atoms with Crippen LogP contribution in [0.1, 0.15) is 50.4 Å². The SMILES string of the molecule is CC(C)[C@@H]1CC[C@@H](C)C[C@@H]1OC(=O)c1ccccc1[N+](=O)[O-]. The summed E-state index contributed by atoms with van der Waals surface area (Å²) in [4.78, 5) is 22.9. The van der Waals surface area contributed by atoms with Gasteiger partial charge in [-0.1, -0.05) is 39.3 Å². The lowest BCUT2D eigenvalue weighted by molar-refractivity contribution is -0.385. The molecule has 0 amide bonds. The normalized spacial score (nSPS) is 25.0. The molecule has 5 heteroatoms. The Labute approximate surface area is 130 Å². The number of nitro groups is 1. The summed E-state index contributed by atoms with van der Waals surface area (Å²) in [5, 5.41) is 11.0. The van der Waals surface area contributed by atoms with E-state index in [0.717, 1.165) is 19.3 Å². The molecule has 0 bridgehead atoms. The van der Waals surface area contributed by atoms with Crippen molar-refractivity contribution in [2.24, 2.45) is 17.8 Å². The summed E-state index contributed by atoms with van der Waals surface area (Å²) < 4.78 is 5.67. The lowest BCUT2D eigenvalue weighted by Gasteiger charge is -2.36. The van der Waals surface area contributed by atoms with Crippen LogP contribution in [0.15, 0.2) is 24.3 Å². The van der Waals surface area contributed by atoms with E-state index >= 15 is 0 Å². The zero-order chi connectivity index (χ0) is 16.3. The molecule has 1 aromatic carbocycles. The van der Waals surface area contributed by atoms with Gasteiger partial charge < -0.3 is 4.74 Å². The van der Waals surface area contributed by atoms with Crippen LogP contribution in [0.5, 0.6) is 0 Å². The van der Waals surface area contributed by atoms with Gasteiger partial charge in [-0.15, -0.1) is 0 Å². The van der Waals surface area contributed by atoms with Crippen molar-refractivity contribution >= 4 is 11.7 Å². The number of hydrogen-bond acceptors (Lipinski definition) is 4. The predicted molar refractivity (Wildman–Crippen MR) is 83.6 cm³/mol. The molecule has 0 saturated heterocycles. The first-order valence-electron chi connectivity index (χ1n) is 7.84. The van der Waals surface area contributed by atoms with Crippen molar-refractivity contribution in [1.82, 2.24) is 0 Å². The van der Waals surface area contributed by atoms with Gasteiger partial charge in [-0.25, -0.2) is 4.79 Å². The summed E-state index contributed by atoms with van der Waals surface area (Å²) in [6.45, 7) is 6.42. The Kier molecular flexibility index (Phi) is 5.16. The van der Waals surface area contributed by atoms with Crippen LogP contribution in [0.3, 0.4) is 0 Å². The Hall–Kier alpha value is -1.91. The van der Waals surface area contributed by atoms with Crippen LogP contribution in [0.4, 0.5) is 5.69 Å². The number of rotatable bonds is 4. The van der Waals surface area contributed by atoms with E-state index in [1.165, 1.54) is 12.1 Å². The Balaban J connectivity index is 2.18. The number of para-hydroxylation sites is 1. The van der Waals surface area contributed by atoms with Gasteiger partial charge in [0.05, 0.1) is 4.92 Å². The van der Waals surface area contributed by atoms with Gasteiger partial charge in [0, 0.05) is 6.07 Å². The van der Waals surface area contributed by atoms with Gasteiger partial charge in [0.15, 0.2) is 0 Å². The van der Waals surface area contributed by atoms with Crippen LogP contribution < -0.4 is 0 Å². The van der Waals surface area contributed by atoms with E-state index in [-0.39, 0.29) is 17.4 Å². The minimum Gasteiger partial charge on any atom is -0.458 e. The molecule has 1 fully saturated rings. The van der Waals surface area contributed by atoms with Crippen molar-refractivity contribution in [1.29, 1.82) is 0 Å². The van der Waals surface area contributed by atoms with Gasteiger partial charge >= 0.3 is 5.97 Å². The molecule has 5 nitrogen and oxygen atoms in total. The maximum absolute atomic E-state index is 12.4. The van der Waals surface area contributed by atoms with Crippen LogP contribution in [0, 0.1) is 27.9 Å². The Bertz CT molecular complexity index is 555.